The van der Waals surface area contributed by atoms with E-state index in [9.17, 15) is 4.79 Å². The van der Waals surface area contributed by atoms with E-state index in [4.69, 9.17) is 14.2 Å². The van der Waals surface area contributed by atoms with Crippen molar-refractivity contribution >= 4 is 5.91 Å². The molecule has 2 saturated heterocycles. The first-order valence-electron chi connectivity index (χ1n) is 8.24. The summed E-state index contributed by atoms with van der Waals surface area (Å²) >= 11 is 0. The number of morpholine rings is 1. The average Bonchev–Trinajstić information content (AvgIpc) is 2.97. The summed E-state index contributed by atoms with van der Waals surface area (Å²) in [5, 5.41) is 2.64. The van der Waals surface area contributed by atoms with E-state index < -0.39 is 6.10 Å². The number of nitrogens with one attached hydrogen (secondary N) is 1. The third-order valence-corrected chi connectivity index (χ3v) is 4.66. The minimum absolute atomic E-state index is 0.0809. The van der Waals surface area contributed by atoms with Crippen molar-refractivity contribution < 1.29 is 19.0 Å². The van der Waals surface area contributed by atoms with Gasteiger partial charge in [-0.3, -0.25) is 9.69 Å². The third kappa shape index (κ3) is 3.53. The molecule has 7 nitrogen and oxygen atoms in total. The van der Waals surface area contributed by atoms with Crippen LogP contribution in [-0.2, 0) is 20.8 Å². The molecule has 2 atom stereocenters. The van der Waals surface area contributed by atoms with Crippen molar-refractivity contribution in [3.63, 3.8) is 0 Å². The monoisotopic (exact) mass is 335 g/mol. The lowest BCUT2D eigenvalue weighted by Gasteiger charge is -2.39. The van der Waals surface area contributed by atoms with Gasteiger partial charge in [0.05, 0.1) is 20.3 Å². The first kappa shape index (κ1) is 17.1. The number of hydrogen-bond donors (Lipinski definition) is 1. The molecule has 0 aromatic carbocycles. The average molecular weight is 335 g/mol. The Morgan fingerprint density at radius 2 is 2.42 bits per heavy atom. The van der Waals surface area contributed by atoms with Crippen LogP contribution in [0.1, 0.15) is 17.5 Å². The summed E-state index contributed by atoms with van der Waals surface area (Å²) in [7, 11) is 3.26. The first-order chi connectivity index (χ1) is 11.5. The second-order valence-corrected chi connectivity index (χ2v) is 6.53. The maximum Gasteiger partial charge on any atom is 0.248 e. The molecular weight excluding hydrogens is 310 g/mol. The van der Waals surface area contributed by atoms with Crippen molar-refractivity contribution in [1.82, 2.24) is 15.2 Å². The van der Waals surface area contributed by atoms with Crippen molar-refractivity contribution in [3.05, 3.63) is 23.4 Å². The number of aryl methyl sites for hydroxylation is 1. The quantitative estimate of drug-likeness (QED) is 0.864. The Balaban J connectivity index is 1.64. The van der Waals surface area contributed by atoms with Gasteiger partial charge in [0.15, 0.2) is 0 Å². The number of ether oxygens (including phenoxy) is 3. The summed E-state index contributed by atoms with van der Waals surface area (Å²) in [5.74, 6) is 0.581. The van der Waals surface area contributed by atoms with Crippen LogP contribution < -0.4 is 10.1 Å². The van der Waals surface area contributed by atoms with Crippen LogP contribution in [0.15, 0.2) is 12.3 Å². The predicted molar refractivity (Wildman–Crippen MR) is 87.9 cm³/mol. The van der Waals surface area contributed by atoms with E-state index in [-0.39, 0.29) is 11.5 Å². The van der Waals surface area contributed by atoms with Gasteiger partial charge >= 0.3 is 0 Å². The van der Waals surface area contributed by atoms with E-state index in [1.54, 1.807) is 14.2 Å². The number of nitrogens with zero attached hydrogens (tertiary/aromatic N) is 2. The van der Waals surface area contributed by atoms with Gasteiger partial charge in [0, 0.05) is 44.9 Å². The van der Waals surface area contributed by atoms with E-state index >= 15 is 0 Å². The van der Waals surface area contributed by atoms with Crippen LogP contribution in [0.25, 0.3) is 0 Å². The fraction of sp³-hybridized carbons (Fsp3) is 0.647. The van der Waals surface area contributed by atoms with Gasteiger partial charge in [-0.1, -0.05) is 0 Å². The maximum atomic E-state index is 11.8. The summed E-state index contributed by atoms with van der Waals surface area (Å²) < 4.78 is 16.9. The highest BCUT2D eigenvalue weighted by Gasteiger charge is 2.46. The molecule has 0 saturated carbocycles. The molecule has 3 heterocycles. The number of likely N-dealkylation sites (N-methyl/N-ethyl adjacent to an activating group) is 1. The van der Waals surface area contributed by atoms with Crippen molar-refractivity contribution in [2.45, 2.75) is 31.6 Å². The summed E-state index contributed by atoms with van der Waals surface area (Å²) in [6.07, 6.45) is 2.04. The molecule has 3 rings (SSSR count). The van der Waals surface area contributed by atoms with E-state index in [0.717, 1.165) is 30.8 Å². The van der Waals surface area contributed by atoms with Gasteiger partial charge in [-0.2, -0.15) is 0 Å². The summed E-state index contributed by atoms with van der Waals surface area (Å²) in [6.45, 7) is 5.51. The van der Waals surface area contributed by atoms with Crippen LogP contribution in [0, 0.1) is 6.92 Å². The minimum Gasteiger partial charge on any atom is -0.481 e. The molecule has 0 bridgehead atoms. The van der Waals surface area contributed by atoms with Gasteiger partial charge in [0.1, 0.15) is 11.7 Å². The molecule has 7 heteroatoms. The summed E-state index contributed by atoms with van der Waals surface area (Å²) in [4.78, 5) is 18.5. The van der Waals surface area contributed by atoms with Gasteiger partial charge in [-0.15, -0.1) is 0 Å². The molecule has 2 aliphatic heterocycles. The molecule has 1 N–H and O–H groups in total. The SMILES string of the molecule is CNC(=O)C1CC2(CO1)CN(Cc1cnc(OC)c(C)c1)CCO2. The lowest BCUT2D eigenvalue weighted by molar-refractivity contribution is -0.129. The fourth-order valence-electron chi connectivity index (χ4n) is 3.49. The van der Waals surface area contributed by atoms with E-state index in [1.807, 2.05) is 13.1 Å². The van der Waals surface area contributed by atoms with Gasteiger partial charge in [-0.25, -0.2) is 4.98 Å². The van der Waals surface area contributed by atoms with Crippen molar-refractivity contribution in [3.8, 4) is 5.88 Å². The minimum atomic E-state index is -0.417. The van der Waals surface area contributed by atoms with Crippen LogP contribution in [0.4, 0.5) is 0 Å². The largest absolute Gasteiger partial charge is 0.481 e. The van der Waals surface area contributed by atoms with E-state index in [1.165, 1.54) is 0 Å². The number of rotatable bonds is 4. The number of aromatic nitrogens is 1. The zero-order valence-electron chi connectivity index (χ0n) is 14.5. The molecule has 1 aromatic rings. The Morgan fingerprint density at radius 1 is 1.58 bits per heavy atom. The lowest BCUT2D eigenvalue weighted by Crippen LogP contribution is -2.52. The molecule has 0 radical (unpaired) electrons. The summed E-state index contributed by atoms with van der Waals surface area (Å²) in [6, 6.07) is 2.10. The summed E-state index contributed by atoms with van der Waals surface area (Å²) in [5.41, 5.74) is 1.79. The fourth-order valence-corrected chi connectivity index (χ4v) is 3.49. The Kier molecular flexibility index (Phi) is 5.03. The Labute approximate surface area is 142 Å². The van der Waals surface area contributed by atoms with Crippen LogP contribution >= 0.6 is 0 Å². The van der Waals surface area contributed by atoms with E-state index in [0.29, 0.717) is 25.5 Å². The number of pyridine rings is 1. The highest BCUT2D eigenvalue weighted by atomic mass is 16.6. The highest BCUT2D eigenvalue weighted by Crippen LogP contribution is 2.32. The highest BCUT2D eigenvalue weighted by molar-refractivity contribution is 5.80. The Morgan fingerprint density at radius 3 is 3.12 bits per heavy atom. The zero-order valence-corrected chi connectivity index (χ0v) is 14.5. The van der Waals surface area contributed by atoms with Gasteiger partial charge in [-0.05, 0) is 18.6 Å². The number of hydrogen-bond acceptors (Lipinski definition) is 6. The molecule has 2 unspecified atom stereocenters. The normalized spacial score (nSPS) is 27.4. The second kappa shape index (κ2) is 7.04. The van der Waals surface area contributed by atoms with Gasteiger partial charge in [0.2, 0.25) is 11.8 Å². The van der Waals surface area contributed by atoms with Gasteiger partial charge in [0.25, 0.3) is 0 Å². The molecular formula is C17H25N3O4. The Bertz CT molecular complexity index is 609. The zero-order chi connectivity index (χ0) is 17.2. The second-order valence-electron chi connectivity index (χ2n) is 6.53. The smallest absolute Gasteiger partial charge is 0.248 e. The molecule has 2 aliphatic rings. The van der Waals surface area contributed by atoms with Gasteiger partial charge < -0.3 is 19.5 Å². The number of methoxy groups -OCH3 is 1. The standard InChI is InChI=1S/C17H25N3O4/c1-12-6-13(8-19-16(12)22-3)9-20-4-5-24-17(10-20)7-14(23-11-17)15(21)18-2/h6,8,14H,4-5,7,9-11H2,1-3H3,(H,18,21). The molecule has 1 spiro atoms. The molecule has 2 fully saturated rings. The lowest BCUT2D eigenvalue weighted by atomic mass is 9.97. The predicted octanol–water partition coefficient (Wildman–Crippen LogP) is 0.505. The maximum absolute atomic E-state index is 11.8. The van der Waals surface area contributed by atoms with Crippen LogP contribution in [0.5, 0.6) is 5.88 Å². The van der Waals surface area contributed by atoms with Crippen LogP contribution in [-0.4, -0.2) is 68.0 Å². The topological polar surface area (TPSA) is 72.9 Å². The van der Waals surface area contributed by atoms with Crippen LogP contribution in [0.3, 0.4) is 0 Å². The molecule has 0 aliphatic carbocycles. The molecule has 132 valence electrons. The number of carbonyl (C=O) groups is 1. The molecule has 1 amide bonds. The van der Waals surface area contributed by atoms with Crippen molar-refractivity contribution in [2.75, 3.05) is 40.5 Å². The van der Waals surface area contributed by atoms with Crippen molar-refractivity contribution in [1.29, 1.82) is 0 Å². The third-order valence-electron chi connectivity index (χ3n) is 4.66. The van der Waals surface area contributed by atoms with Crippen molar-refractivity contribution in [2.24, 2.45) is 0 Å². The van der Waals surface area contributed by atoms with E-state index in [2.05, 4.69) is 21.3 Å². The molecule has 1 aromatic heterocycles. The molecule has 24 heavy (non-hydrogen) atoms. The Hall–Kier alpha value is -1.70. The number of carbonyl (C=O) groups excluding carboxylic acids is 1. The van der Waals surface area contributed by atoms with Crippen LogP contribution in [0.2, 0.25) is 0 Å². The first-order valence-corrected chi connectivity index (χ1v) is 8.24. The number of amides is 1.